The summed E-state index contributed by atoms with van der Waals surface area (Å²) in [6.07, 6.45) is 3.84. The van der Waals surface area contributed by atoms with Gasteiger partial charge in [-0.15, -0.1) is 0 Å². The predicted octanol–water partition coefficient (Wildman–Crippen LogP) is 3.22. The van der Waals surface area contributed by atoms with Gasteiger partial charge in [0.1, 0.15) is 0 Å². The fraction of sp³-hybridized carbons (Fsp3) is 0.333. The van der Waals surface area contributed by atoms with Crippen LogP contribution in [0, 0.1) is 0 Å². The minimum Gasteiger partial charge on any atom is -0.336 e. The molecule has 4 heteroatoms. The van der Waals surface area contributed by atoms with E-state index in [0.29, 0.717) is 0 Å². The van der Waals surface area contributed by atoms with E-state index in [1.165, 1.54) is 15.6 Å². The number of allylic oxidation sites excluding steroid dienone is 1. The second kappa shape index (κ2) is 4.63. The first-order valence-corrected chi connectivity index (χ1v) is 7.64. The highest BCUT2D eigenvalue weighted by atomic mass is 32.2. The molecule has 1 aliphatic rings. The van der Waals surface area contributed by atoms with Crippen molar-refractivity contribution >= 4 is 28.2 Å². The van der Waals surface area contributed by atoms with Crippen LogP contribution in [0.25, 0.3) is 0 Å². The van der Waals surface area contributed by atoms with E-state index >= 15 is 0 Å². The smallest absolute Gasteiger partial charge is 0.0757 e. The second-order valence-electron chi connectivity index (χ2n) is 3.56. The molecule has 1 aliphatic heterocycles. The van der Waals surface area contributed by atoms with E-state index in [-0.39, 0.29) is 0 Å². The molecular formula is C12H15NOS2. The molecule has 1 aromatic rings. The van der Waals surface area contributed by atoms with Gasteiger partial charge in [-0.25, -0.2) is 0 Å². The third-order valence-corrected chi connectivity index (χ3v) is 4.75. The summed E-state index contributed by atoms with van der Waals surface area (Å²) >= 11 is 1.78. The first-order chi connectivity index (χ1) is 7.67. The van der Waals surface area contributed by atoms with Gasteiger partial charge in [0.2, 0.25) is 0 Å². The van der Waals surface area contributed by atoms with E-state index in [4.69, 9.17) is 0 Å². The number of anilines is 1. The lowest BCUT2D eigenvalue weighted by atomic mass is 10.3. The minimum absolute atomic E-state index is 0.898. The van der Waals surface area contributed by atoms with Gasteiger partial charge in [-0.05, 0) is 32.0 Å². The monoisotopic (exact) mass is 253 g/mol. The number of rotatable bonds is 2. The van der Waals surface area contributed by atoms with Crippen LogP contribution in [0.4, 0.5) is 5.69 Å². The summed E-state index contributed by atoms with van der Waals surface area (Å²) in [6.45, 7) is 5.13. The first kappa shape index (κ1) is 11.7. The fourth-order valence-electron chi connectivity index (χ4n) is 1.80. The van der Waals surface area contributed by atoms with Crippen molar-refractivity contribution in [2.24, 2.45) is 0 Å². The Hall–Kier alpha value is -0.740. The number of benzene rings is 1. The van der Waals surface area contributed by atoms with E-state index in [9.17, 15) is 4.21 Å². The highest BCUT2D eigenvalue weighted by Crippen LogP contribution is 2.46. The molecule has 0 saturated carbocycles. The molecule has 0 fully saturated rings. The summed E-state index contributed by atoms with van der Waals surface area (Å²) in [5, 5.41) is 1.26. The number of fused-ring (bicyclic) bond motifs is 1. The van der Waals surface area contributed by atoms with Gasteiger partial charge in [-0.2, -0.15) is 0 Å². The van der Waals surface area contributed by atoms with Crippen molar-refractivity contribution in [3.05, 3.63) is 29.3 Å². The van der Waals surface area contributed by atoms with E-state index in [1.807, 2.05) is 12.1 Å². The summed E-state index contributed by atoms with van der Waals surface area (Å²) in [7, 11) is -0.907. The van der Waals surface area contributed by atoms with Crippen molar-refractivity contribution in [1.82, 2.24) is 0 Å². The van der Waals surface area contributed by atoms with Crippen LogP contribution in [0.2, 0.25) is 0 Å². The lowest BCUT2D eigenvalue weighted by Gasteiger charge is -2.17. The van der Waals surface area contributed by atoms with Gasteiger partial charge in [0.25, 0.3) is 0 Å². The fourth-order valence-corrected chi connectivity index (χ4v) is 3.43. The lowest BCUT2D eigenvalue weighted by Crippen LogP contribution is -2.16. The van der Waals surface area contributed by atoms with Crippen LogP contribution in [-0.4, -0.2) is 17.0 Å². The summed E-state index contributed by atoms with van der Waals surface area (Å²) in [5.74, 6) is 0. The molecule has 0 saturated heterocycles. The summed E-state index contributed by atoms with van der Waals surface area (Å²) in [4.78, 5) is 4.41. The van der Waals surface area contributed by atoms with Crippen LogP contribution >= 0.6 is 11.8 Å². The number of nitrogens with zero attached hydrogens (tertiary/aromatic N) is 1. The zero-order valence-electron chi connectivity index (χ0n) is 9.69. The molecule has 16 heavy (non-hydrogen) atoms. The molecule has 0 bridgehead atoms. The molecule has 1 aromatic carbocycles. The van der Waals surface area contributed by atoms with Gasteiger partial charge in [-0.3, -0.25) is 4.21 Å². The van der Waals surface area contributed by atoms with Crippen LogP contribution in [-0.2, 0) is 10.8 Å². The van der Waals surface area contributed by atoms with Gasteiger partial charge in [0.05, 0.1) is 10.7 Å². The lowest BCUT2D eigenvalue weighted by molar-refractivity contribution is 0.686. The maximum atomic E-state index is 11.5. The molecule has 2 nitrogen and oxygen atoms in total. The van der Waals surface area contributed by atoms with Crippen LogP contribution in [0.3, 0.4) is 0 Å². The molecule has 0 aliphatic carbocycles. The predicted molar refractivity (Wildman–Crippen MR) is 71.4 cm³/mol. The van der Waals surface area contributed by atoms with Gasteiger partial charge < -0.3 is 4.90 Å². The van der Waals surface area contributed by atoms with Crippen LogP contribution in [0.1, 0.15) is 13.8 Å². The zero-order chi connectivity index (χ0) is 11.7. The van der Waals surface area contributed by atoms with Crippen molar-refractivity contribution in [1.29, 1.82) is 0 Å². The average molecular weight is 253 g/mol. The number of thioether (sulfide) groups is 1. The summed E-state index contributed by atoms with van der Waals surface area (Å²) in [6, 6.07) is 6.06. The Morgan fingerprint density at radius 2 is 2.25 bits per heavy atom. The van der Waals surface area contributed by atoms with E-state index in [2.05, 4.69) is 30.9 Å². The molecule has 2 rings (SSSR count). The molecule has 0 N–H and O–H groups in total. The normalized spacial score (nSPS) is 18.9. The Kier molecular flexibility index (Phi) is 3.40. The third-order valence-electron chi connectivity index (χ3n) is 2.60. The van der Waals surface area contributed by atoms with Gasteiger partial charge in [-0.1, -0.05) is 17.8 Å². The van der Waals surface area contributed by atoms with Gasteiger partial charge in [0, 0.05) is 33.4 Å². The quantitative estimate of drug-likeness (QED) is 0.807. The van der Waals surface area contributed by atoms with Crippen molar-refractivity contribution in [2.75, 3.05) is 17.7 Å². The molecule has 0 aromatic heterocycles. The Balaban J connectivity index is 2.49. The van der Waals surface area contributed by atoms with Gasteiger partial charge in [0.15, 0.2) is 0 Å². The Labute approximate surface area is 103 Å². The molecule has 0 radical (unpaired) electrons. The second-order valence-corrected chi connectivity index (χ2v) is 6.00. The Bertz CT molecular complexity index is 468. The zero-order valence-corrected chi connectivity index (χ0v) is 11.3. The van der Waals surface area contributed by atoms with Crippen LogP contribution in [0.15, 0.2) is 39.1 Å². The maximum absolute atomic E-state index is 11.5. The van der Waals surface area contributed by atoms with Crippen molar-refractivity contribution < 1.29 is 4.21 Å². The minimum atomic E-state index is -0.907. The maximum Gasteiger partial charge on any atom is 0.0757 e. The molecule has 0 amide bonds. The first-order valence-electron chi connectivity index (χ1n) is 5.26. The SMILES string of the molecule is C/C=C1\Sc2ccc(S(C)=O)cc2N1CC. The third kappa shape index (κ3) is 1.92. The topological polar surface area (TPSA) is 20.3 Å². The largest absolute Gasteiger partial charge is 0.336 e. The molecular weight excluding hydrogens is 238 g/mol. The van der Waals surface area contributed by atoms with Crippen molar-refractivity contribution in [3.63, 3.8) is 0 Å². The Morgan fingerprint density at radius 1 is 1.50 bits per heavy atom. The molecule has 1 unspecified atom stereocenters. The average Bonchev–Trinajstić information content (AvgIpc) is 2.65. The van der Waals surface area contributed by atoms with Crippen molar-refractivity contribution in [2.45, 2.75) is 23.6 Å². The highest BCUT2D eigenvalue weighted by molar-refractivity contribution is 8.03. The van der Waals surface area contributed by atoms with Crippen molar-refractivity contribution in [3.8, 4) is 0 Å². The number of hydrogen-bond donors (Lipinski definition) is 0. The number of hydrogen-bond acceptors (Lipinski definition) is 3. The van der Waals surface area contributed by atoms with E-state index < -0.39 is 10.8 Å². The molecule has 0 spiro atoms. The Morgan fingerprint density at radius 3 is 2.81 bits per heavy atom. The summed E-state index contributed by atoms with van der Waals surface area (Å²) < 4.78 is 11.5. The summed E-state index contributed by atoms with van der Waals surface area (Å²) in [5.41, 5.74) is 1.19. The highest BCUT2D eigenvalue weighted by Gasteiger charge is 2.23. The van der Waals surface area contributed by atoms with E-state index in [1.54, 1.807) is 18.0 Å². The van der Waals surface area contributed by atoms with Crippen LogP contribution in [0.5, 0.6) is 0 Å². The van der Waals surface area contributed by atoms with Crippen LogP contribution < -0.4 is 4.90 Å². The van der Waals surface area contributed by atoms with E-state index in [0.717, 1.165) is 11.4 Å². The molecule has 86 valence electrons. The molecule has 1 heterocycles. The standard InChI is InChI=1S/C12H15NOS2/c1-4-12-13(5-2)10-8-9(16(3)14)6-7-11(10)15-12/h4,6-8H,5H2,1-3H3/b12-4-. The molecule has 1 atom stereocenters. The van der Waals surface area contributed by atoms with Gasteiger partial charge >= 0.3 is 0 Å².